The lowest BCUT2D eigenvalue weighted by Gasteiger charge is -2.17. The number of aromatic nitrogens is 1. The highest BCUT2D eigenvalue weighted by atomic mass is 32.1. The van der Waals surface area contributed by atoms with Gasteiger partial charge < -0.3 is 5.32 Å². The minimum Gasteiger partial charge on any atom is -0.305 e. The number of thiazole rings is 1. The highest BCUT2D eigenvalue weighted by Crippen LogP contribution is 2.23. The lowest BCUT2D eigenvalue weighted by Crippen LogP contribution is -2.22. The van der Waals surface area contributed by atoms with Gasteiger partial charge in [-0.25, -0.2) is 4.98 Å². The third-order valence-corrected chi connectivity index (χ3v) is 3.58. The Morgan fingerprint density at radius 1 is 1.33 bits per heavy atom. The maximum Gasteiger partial charge on any atom is 0.0795 e. The number of nitrogens with zero attached hydrogens (tertiary/aromatic N) is 1. The second kappa shape index (κ2) is 6.66. The second-order valence-corrected chi connectivity index (χ2v) is 5.12. The van der Waals surface area contributed by atoms with Crippen LogP contribution in [0.4, 0.5) is 0 Å². The monoisotopic (exact) mass is 260 g/mol. The third-order valence-electron chi connectivity index (χ3n) is 2.98. The SMILES string of the molecule is CCCc1cccc(C(NCC)c2cscn2)c1. The number of rotatable bonds is 6. The van der Waals surface area contributed by atoms with Crippen LogP contribution in [0.5, 0.6) is 0 Å². The van der Waals surface area contributed by atoms with E-state index in [1.165, 1.54) is 17.5 Å². The normalized spacial score (nSPS) is 12.6. The van der Waals surface area contributed by atoms with E-state index in [1.54, 1.807) is 11.3 Å². The van der Waals surface area contributed by atoms with Crippen molar-refractivity contribution in [2.24, 2.45) is 0 Å². The van der Waals surface area contributed by atoms with Gasteiger partial charge in [0.05, 0.1) is 17.2 Å². The largest absolute Gasteiger partial charge is 0.305 e. The van der Waals surface area contributed by atoms with Crippen LogP contribution in [0.3, 0.4) is 0 Å². The number of aryl methyl sites for hydroxylation is 1. The Labute approximate surface area is 113 Å². The summed E-state index contributed by atoms with van der Waals surface area (Å²) >= 11 is 1.65. The smallest absolute Gasteiger partial charge is 0.0795 e. The summed E-state index contributed by atoms with van der Waals surface area (Å²) in [6.45, 7) is 5.30. The average molecular weight is 260 g/mol. The Balaban J connectivity index is 2.27. The van der Waals surface area contributed by atoms with Crippen LogP contribution in [0.1, 0.15) is 43.1 Å². The molecule has 0 aliphatic carbocycles. The van der Waals surface area contributed by atoms with Gasteiger partial charge in [0.25, 0.3) is 0 Å². The molecule has 0 spiro atoms. The summed E-state index contributed by atoms with van der Waals surface area (Å²) in [4.78, 5) is 4.44. The average Bonchev–Trinajstić information content (AvgIpc) is 2.90. The summed E-state index contributed by atoms with van der Waals surface area (Å²) in [5.41, 5.74) is 5.74. The van der Waals surface area contributed by atoms with E-state index in [0.29, 0.717) is 0 Å². The summed E-state index contributed by atoms with van der Waals surface area (Å²) in [5.74, 6) is 0. The van der Waals surface area contributed by atoms with Crippen LogP contribution >= 0.6 is 11.3 Å². The number of hydrogen-bond acceptors (Lipinski definition) is 3. The zero-order valence-electron chi connectivity index (χ0n) is 11.0. The fourth-order valence-electron chi connectivity index (χ4n) is 2.18. The summed E-state index contributed by atoms with van der Waals surface area (Å²) in [5, 5.41) is 5.64. The van der Waals surface area contributed by atoms with Crippen LogP contribution in [0.2, 0.25) is 0 Å². The first-order valence-electron chi connectivity index (χ1n) is 6.55. The molecule has 1 aromatic heterocycles. The van der Waals surface area contributed by atoms with E-state index in [2.05, 4.69) is 53.8 Å². The van der Waals surface area contributed by atoms with Crippen molar-refractivity contribution in [1.29, 1.82) is 0 Å². The second-order valence-electron chi connectivity index (χ2n) is 4.40. The molecule has 2 rings (SSSR count). The highest BCUT2D eigenvalue weighted by Gasteiger charge is 2.14. The van der Waals surface area contributed by atoms with Crippen molar-refractivity contribution in [3.8, 4) is 0 Å². The quantitative estimate of drug-likeness (QED) is 0.854. The molecular weight excluding hydrogens is 240 g/mol. The predicted molar refractivity (Wildman–Crippen MR) is 78.1 cm³/mol. The molecule has 0 aliphatic rings. The molecule has 2 aromatic rings. The molecule has 0 fully saturated rings. The maximum atomic E-state index is 4.44. The standard InChI is InChI=1S/C15H20N2S/c1-3-6-12-7-5-8-13(9-12)15(16-4-2)14-10-18-11-17-14/h5,7-11,15-16H,3-4,6H2,1-2H3. The van der Waals surface area contributed by atoms with Crippen LogP contribution in [-0.2, 0) is 6.42 Å². The lowest BCUT2D eigenvalue weighted by molar-refractivity contribution is 0.618. The first-order valence-corrected chi connectivity index (χ1v) is 7.49. The Morgan fingerprint density at radius 2 is 2.22 bits per heavy atom. The van der Waals surface area contributed by atoms with Crippen molar-refractivity contribution in [2.45, 2.75) is 32.7 Å². The molecule has 96 valence electrons. The molecule has 3 heteroatoms. The van der Waals surface area contributed by atoms with Gasteiger partial charge in [-0.05, 0) is 24.1 Å². The molecular formula is C15H20N2S. The van der Waals surface area contributed by atoms with Gasteiger partial charge in [-0.1, -0.05) is 44.5 Å². The first kappa shape index (κ1) is 13.2. The zero-order chi connectivity index (χ0) is 12.8. The van der Waals surface area contributed by atoms with E-state index in [9.17, 15) is 0 Å². The molecule has 0 saturated heterocycles. The molecule has 1 atom stereocenters. The van der Waals surface area contributed by atoms with E-state index in [4.69, 9.17) is 0 Å². The minimum absolute atomic E-state index is 0.220. The molecule has 0 saturated carbocycles. The molecule has 1 N–H and O–H groups in total. The molecule has 18 heavy (non-hydrogen) atoms. The van der Waals surface area contributed by atoms with Gasteiger partial charge in [-0.15, -0.1) is 11.3 Å². The molecule has 0 aliphatic heterocycles. The predicted octanol–water partition coefficient (Wildman–Crippen LogP) is 3.79. The molecule has 0 bridgehead atoms. The van der Waals surface area contributed by atoms with Crippen molar-refractivity contribution in [3.05, 3.63) is 52.0 Å². The Bertz CT molecular complexity index is 465. The van der Waals surface area contributed by atoms with Crippen molar-refractivity contribution in [3.63, 3.8) is 0 Å². The number of hydrogen-bond donors (Lipinski definition) is 1. The van der Waals surface area contributed by atoms with E-state index in [1.807, 2.05) is 5.51 Å². The fourth-order valence-corrected chi connectivity index (χ4v) is 2.76. The topological polar surface area (TPSA) is 24.9 Å². The Kier molecular flexibility index (Phi) is 4.90. The lowest BCUT2D eigenvalue weighted by atomic mass is 10.00. The summed E-state index contributed by atoms with van der Waals surface area (Å²) in [7, 11) is 0. The van der Waals surface area contributed by atoms with Crippen molar-refractivity contribution in [2.75, 3.05) is 6.54 Å². The van der Waals surface area contributed by atoms with Crippen molar-refractivity contribution in [1.82, 2.24) is 10.3 Å². The zero-order valence-corrected chi connectivity index (χ0v) is 11.8. The molecule has 2 nitrogen and oxygen atoms in total. The van der Waals surface area contributed by atoms with Crippen molar-refractivity contribution < 1.29 is 0 Å². The highest BCUT2D eigenvalue weighted by molar-refractivity contribution is 7.07. The molecule has 1 heterocycles. The minimum atomic E-state index is 0.220. The molecule has 0 radical (unpaired) electrons. The maximum absolute atomic E-state index is 4.44. The number of benzene rings is 1. The van der Waals surface area contributed by atoms with Crippen molar-refractivity contribution >= 4 is 11.3 Å². The van der Waals surface area contributed by atoms with E-state index in [0.717, 1.165) is 18.7 Å². The van der Waals surface area contributed by atoms with E-state index in [-0.39, 0.29) is 6.04 Å². The van der Waals surface area contributed by atoms with Crippen LogP contribution in [0.25, 0.3) is 0 Å². The van der Waals surface area contributed by atoms with Gasteiger partial charge in [0, 0.05) is 5.38 Å². The third kappa shape index (κ3) is 3.18. The van der Waals surface area contributed by atoms with Gasteiger partial charge in [-0.3, -0.25) is 0 Å². The van der Waals surface area contributed by atoms with Gasteiger partial charge in [0.2, 0.25) is 0 Å². The fraction of sp³-hybridized carbons (Fsp3) is 0.400. The summed E-state index contributed by atoms with van der Waals surface area (Å²) in [6, 6.07) is 9.06. The molecule has 1 aromatic carbocycles. The Hall–Kier alpha value is -1.19. The van der Waals surface area contributed by atoms with E-state index >= 15 is 0 Å². The summed E-state index contributed by atoms with van der Waals surface area (Å²) in [6.07, 6.45) is 2.33. The van der Waals surface area contributed by atoms with Gasteiger partial charge >= 0.3 is 0 Å². The molecule has 0 amide bonds. The van der Waals surface area contributed by atoms with Crippen LogP contribution < -0.4 is 5.32 Å². The molecule has 1 unspecified atom stereocenters. The van der Waals surface area contributed by atoms with Crippen LogP contribution in [-0.4, -0.2) is 11.5 Å². The summed E-state index contributed by atoms with van der Waals surface area (Å²) < 4.78 is 0. The van der Waals surface area contributed by atoms with Crippen LogP contribution in [0.15, 0.2) is 35.2 Å². The van der Waals surface area contributed by atoms with E-state index < -0.39 is 0 Å². The van der Waals surface area contributed by atoms with Crippen LogP contribution in [0, 0.1) is 0 Å². The number of nitrogens with one attached hydrogen (secondary N) is 1. The first-order chi connectivity index (χ1) is 8.85. The van der Waals surface area contributed by atoms with Gasteiger partial charge in [0.15, 0.2) is 0 Å². The van der Waals surface area contributed by atoms with Gasteiger partial charge in [0.1, 0.15) is 0 Å². The van der Waals surface area contributed by atoms with Gasteiger partial charge in [-0.2, -0.15) is 0 Å². The Morgan fingerprint density at radius 3 is 2.89 bits per heavy atom.